The van der Waals surface area contributed by atoms with Gasteiger partial charge in [-0.05, 0) is 31.2 Å². The third-order valence-electron chi connectivity index (χ3n) is 2.68. The topological polar surface area (TPSA) is 98.2 Å². The van der Waals surface area contributed by atoms with Crippen LogP contribution in [0.15, 0.2) is 42.9 Å². The number of esters is 1. The average molecular weight is 299 g/mol. The third-order valence-corrected chi connectivity index (χ3v) is 2.68. The lowest BCUT2D eigenvalue weighted by Gasteiger charge is -2.06. The summed E-state index contributed by atoms with van der Waals surface area (Å²) in [5, 5.41) is 2.55. The van der Waals surface area contributed by atoms with E-state index in [-0.39, 0.29) is 11.5 Å². The fourth-order valence-corrected chi connectivity index (χ4v) is 1.59. The molecule has 0 radical (unpaired) electrons. The van der Waals surface area contributed by atoms with Crippen LogP contribution in [-0.4, -0.2) is 34.2 Å². The van der Waals surface area contributed by atoms with Crippen LogP contribution in [0, 0.1) is 0 Å². The first-order valence-corrected chi connectivity index (χ1v) is 6.40. The van der Waals surface area contributed by atoms with Crippen molar-refractivity contribution in [3.05, 3.63) is 54.1 Å². The van der Waals surface area contributed by atoms with Crippen molar-refractivity contribution in [3.8, 4) is 0 Å². The fourth-order valence-electron chi connectivity index (χ4n) is 1.59. The van der Waals surface area contributed by atoms with Gasteiger partial charge in [0.15, 0.2) is 18.1 Å². The van der Waals surface area contributed by atoms with Gasteiger partial charge in [0.2, 0.25) is 0 Å². The zero-order valence-corrected chi connectivity index (χ0v) is 11.8. The number of ketones is 1. The first-order chi connectivity index (χ1) is 10.6. The summed E-state index contributed by atoms with van der Waals surface area (Å²) in [5.74, 6) is -1.28. The molecule has 7 nitrogen and oxygen atoms in total. The standard InChI is InChI=1S/C15H13N3O4/c1-10(19)11-2-4-12(5-3-11)18-14(20)9-22-15(21)13-8-16-6-7-17-13/h2-8H,9H2,1H3,(H,18,20). The highest BCUT2D eigenvalue weighted by atomic mass is 16.5. The van der Waals surface area contributed by atoms with Gasteiger partial charge in [0.1, 0.15) is 0 Å². The molecule has 7 heteroatoms. The monoisotopic (exact) mass is 299 g/mol. The van der Waals surface area contributed by atoms with E-state index in [1.807, 2.05) is 0 Å². The Kier molecular flexibility index (Phi) is 4.92. The van der Waals surface area contributed by atoms with E-state index in [2.05, 4.69) is 15.3 Å². The smallest absolute Gasteiger partial charge is 0.359 e. The van der Waals surface area contributed by atoms with Gasteiger partial charge in [-0.1, -0.05) is 0 Å². The van der Waals surface area contributed by atoms with Crippen LogP contribution >= 0.6 is 0 Å². The van der Waals surface area contributed by atoms with Crippen LogP contribution in [0.4, 0.5) is 5.69 Å². The molecule has 0 aliphatic carbocycles. The van der Waals surface area contributed by atoms with Crippen LogP contribution < -0.4 is 5.32 Å². The number of benzene rings is 1. The van der Waals surface area contributed by atoms with Crippen molar-refractivity contribution in [2.24, 2.45) is 0 Å². The van der Waals surface area contributed by atoms with Crippen LogP contribution in [0.3, 0.4) is 0 Å². The van der Waals surface area contributed by atoms with Crippen molar-refractivity contribution in [2.45, 2.75) is 6.92 Å². The molecule has 0 saturated heterocycles. The Hall–Kier alpha value is -3.09. The third kappa shape index (κ3) is 4.20. The number of anilines is 1. The van der Waals surface area contributed by atoms with Crippen LogP contribution in [-0.2, 0) is 9.53 Å². The Labute approximate surface area is 126 Å². The molecule has 0 aliphatic heterocycles. The van der Waals surface area contributed by atoms with Crippen molar-refractivity contribution in [2.75, 3.05) is 11.9 Å². The maximum absolute atomic E-state index is 11.7. The lowest BCUT2D eigenvalue weighted by Crippen LogP contribution is -2.21. The molecule has 2 aromatic rings. The number of carbonyl (C=O) groups is 3. The zero-order valence-electron chi connectivity index (χ0n) is 11.8. The van der Waals surface area contributed by atoms with Gasteiger partial charge in [-0.2, -0.15) is 0 Å². The minimum atomic E-state index is -0.727. The Bertz CT molecular complexity index is 684. The average Bonchev–Trinajstić information content (AvgIpc) is 2.54. The normalized spacial score (nSPS) is 9.86. The summed E-state index contributed by atoms with van der Waals surface area (Å²) in [5.41, 5.74) is 1.08. The van der Waals surface area contributed by atoms with E-state index >= 15 is 0 Å². The van der Waals surface area contributed by atoms with Crippen LogP contribution in [0.5, 0.6) is 0 Å². The minimum Gasteiger partial charge on any atom is -0.451 e. The predicted octanol–water partition coefficient (Wildman–Crippen LogP) is 1.47. The fraction of sp³-hybridized carbons (Fsp3) is 0.133. The second kappa shape index (κ2) is 7.07. The first-order valence-electron chi connectivity index (χ1n) is 6.40. The molecule has 0 spiro atoms. The Balaban J connectivity index is 1.85. The summed E-state index contributed by atoms with van der Waals surface area (Å²) in [6.45, 7) is 1.02. The number of amides is 1. The molecule has 0 fully saturated rings. The highest BCUT2D eigenvalue weighted by molar-refractivity contribution is 5.96. The number of aromatic nitrogens is 2. The number of hydrogen-bond acceptors (Lipinski definition) is 6. The van der Waals surface area contributed by atoms with Crippen LogP contribution in [0.25, 0.3) is 0 Å². The molecule has 2 rings (SSSR count). The summed E-state index contributed by atoms with van der Waals surface area (Å²) >= 11 is 0. The van der Waals surface area contributed by atoms with Crippen molar-refractivity contribution in [3.63, 3.8) is 0 Å². The molecule has 0 aliphatic rings. The number of rotatable bonds is 5. The van der Waals surface area contributed by atoms with Crippen molar-refractivity contribution >= 4 is 23.3 Å². The number of Topliss-reactive ketones (excluding diaryl/α,β-unsaturated/α-hetero) is 1. The van der Waals surface area contributed by atoms with Crippen LogP contribution in [0.2, 0.25) is 0 Å². The molecule has 22 heavy (non-hydrogen) atoms. The highest BCUT2D eigenvalue weighted by Gasteiger charge is 2.11. The van der Waals surface area contributed by atoms with Crippen molar-refractivity contribution in [1.82, 2.24) is 9.97 Å². The van der Waals surface area contributed by atoms with E-state index in [4.69, 9.17) is 4.74 Å². The van der Waals surface area contributed by atoms with E-state index in [9.17, 15) is 14.4 Å². The summed E-state index contributed by atoms with van der Waals surface area (Å²) in [6.07, 6.45) is 4.03. The quantitative estimate of drug-likeness (QED) is 0.663. The second-order valence-corrected chi connectivity index (χ2v) is 4.35. The van der Waals surface area contributed by atoms with Gasteiger partial charge in [-0.3, -0.25) is 14.6 Å². The predicted molar refractivity (Wildman–Crippen MR) is 77.4 cm³/mol. The van der Waals surface area contributed by atoms with Gasteiger partial charge in [-0.25, -0.2) is 9.78 Å². The van der Waals surface area contributed by atoms with E-state index in [0.29, 0.717) is 11.3 Å². The number of nitrogens with one attached hydrogen (secondary N) is 1. The second-order valence-electron chi connectivity index (χ2n) is 4.35. The molecule has 0 unspecified atom stereocenters. The summed E-state index contributed by atoms with van der Waals surface area (Å²) in [4.78, 5) is 41.9. The van der Waals surface area contributed by atoms with Gasteiger partial charge in [0.05, 0.1) is 6.20 Å². The van der Waals surface area contributed by atoms with E-state index in [0.717, 1.165) is 0 Å². The van der Waals surface area contributed by atoms with Crippen molar-refractivity contribution < 1.29 is 19.1 Å². The molecule has 1 aromatic carbocycles. The van der Waals surface area contributed by atoms with Crippen LogP contribution in [0.1, 0.15) is 27.8 Å². The molecule has 1 N–H and O–H groups in total. The SMILES string of the molecule is CC(=O)c1ccc(NC(=O)COC(=O)c2cnccn2)cc1. The lowest BCUT2D eigenvalue weighted by molar-refractivity contribution is -0.119. The molecule has 0 saturated carbocycles. The summed E-state index contributed by atoms with van der Waals surface area (Å²) < 4.78 is 4.82. The van der Waals surface area contributed by atoms with Gasteiger partial charge >= 0.3 is 5.97 Å². The summed E-state index contributed by atoms with van der Waals surface area (Å²) in [7, 11) is 0. The molecule has 1 aromatic heterocycles. The maximum atomic E-state index is 11.7. The van der Waals surface area contributed by atoms with E-state index < -0.39 is 18.5 Å². The Morgan fingerprint density at radius 2 is 1.86 bits per heavy atom. The summed E-state index contributed by atoms with van der Waals surface area (Å²) in [6, 6.07) is 6.39. The van der Waals surface area contributed by atoms with Gasteiger partial charge in [0.25, 0.3) is 5.91 Å². The largest absolute Gasteiger partial charge is 0.451 e. The maximum Gasteiger partial charge on any atom is 0.359 e. The van der Waals surface area contributed by atoms with E-state index in [1.54, 1.807) is 24.3 Å². The molecule has 1 heterocycles. The molecular weight excluding hydrogens is 286 g/mol. The minimum absolute atomic E-state index is 0.0288. The van der Waals surface area contributed by atoms with Crippen molar-refractivity contribution in [1.29, 1.82) is 0 Å². The number of carbonyl (C=O) groups excluding carboxylic acids is 3. The zero-order chi connectivity index (χ0) is 15.9. The van der Waals surface area contributed by atoms with Gasteiger partial charge < -0.3 is 10.1 Å². The molecular formula is C15H13N3O4. The molecule has 0 atom stereocenters. The molecule has 112 valence electrons. The lowest BCUT2D eigenvalue weighted by atomic mass is 10.1. The highest BCUT2D eigenvalue weighted by Crippen LogP contribution is 2.10. The first kappa shape index (κ1) is 15.3. The number of ether oxygens (including phenoxy) is 1. The number of nitrogens with zero attached hydrogens (tertiary/aromatic N) is 2. The molecule has 0 bridgehead atoms. The number of hydrogen-bond donors (Lipinski definition) is 1. The Morgan fingerprint density at radius 3 is 2.45 bits per heavy atom. The van der Waals surface area contributed by atoms with Gasteiger partial charge in [0, 0.05) is 23.6 Å². The van der Waals surface area contributed by atoms with Gasteiger partial charge in [-0.15, -0.1) is 0 Å². The Morgan fingerprint density at radius 1 is 1.14 bits per heavy atom. The van der Waals surface area contributed by atoms with E-state index in [1.165, 1.54) is 25.5 Å². The molecule has 1 amide bonds.